The van der Waals surface area contributed by atoms with Gasteiger partial charge in [-0.25, -0.2) is 4.39 Å². The van der Waals surface area contributed by atoms with Crippen LogP contribution >= 0.6 is 23.2 Å². The molecule has 0 atom stereocenters. The second kappa shape index (κ2) is 7.72. The Bertz CT molecular complexity index is 772. The van der Waals surface area contributed by atoms with Crippen molar-refractivity contribution in [1.29, 1.82) is 0 Å². The van der Waals surface area contributed by atoms with Crippen molar-refractivity contribution in [2.75, 3.05) is 26.2 Å². The molecule has 1 aliphatic rings. The van der Waals surface area contributed by atoms with Crippen LogP contribution in [0.2, 0.25) is 10.0 Å². The van der Waals surface area contributed by atoms with Gasteiger partial charge in [-0.15, -0.1) is 0 Å². The van der Waals surface area contributed by atoms with Crippen molar-refractivity contribution >= 4 is 29.1 Å². The van der Waals surface area contributed by atoms with E-state index in [1.807, 2.05) is 6.92 Å². The van der Waals surface area contributed by atoms with Crippen LogP contribution in [-0.4, -0.2) is 51.7 Å². The Hall–Kier alpha value is -1.63. The monoisotopic (exact) mass is 384 g/mol. The molecule has 1 fully saturated rings. The summed E-state index contributed by atoms with van der Waals surface area (Å²) in [7, 11) is 0. The molecule has 134 valence electrons. The van der Waals surface area contributed by atoms with E-state index in [0.29, 0.717) is 41.9 Å². The number of carbonyl (C=O) groups is 1. The summed E-state index contributed by atoms with van der Waals surface area (Å²) in [4.78, 5) is 16.7. The Kier molecular flexibility index (Phi) is 5.61. The summed E-state index contributed by atoms with van der Waals surface area (Å²) in [6, 6.07) is 4.44. The van der Waals surface area contributed by atoms with Crippen molar-refractivity contribution < 1.29 is 9.18 Å². The predicted molar refractivity (Wildman–Crippen MR) is 95.5 cm³/mol. The van der Waals surface area contributed by atoms with Crippen LogP contribution in [0.1, 0.15) is 23.0 Å². The molecule has 1 saturated heterocycles. The summed E-state index contributed by atoms with van der Waals surface area (Å²) in [6.07, 6.45) is 1.51. The molecule has 2 heterocycles. The molecule has 25 heavy (non-hydrogen) atoms. The van der Waals surface area contributed by atoms with E-state index < -0.39 is 0 Å². The van der Waals surface area contributed by atoms with Gasteiger partial charge in [0.2, 0.25) is 0 Å². The number of rotatable bonds is 4. The molecule has 0 N–H and O–H groups in total. The number of hydrogen-bond acceptors (Lipinski definition) is 3. The third kappa shape index (κ3) is 3.97. The minimum Gasteiger partial charge on any atom is -0.335 e. The smallest absolute Gasteiger partial charge is 0.273 e. The molecule has 1 aromatic carbocycles. The number of aryl methyl sites for hydroxylation is 1. The summed E-state index contributed by atoms with van der Waals surface area (Å²) in [5, 5.41) is 4.93. The molecule has 2 aromatic rings. The van der Waals surface area contributed by atoms with Crippen molar-refractivity contribution in [1.82, 2.24) is 19.6 Å². The van der Waals surface area contributed by atoms with Gasteiger partial charge in [0.25, 0.3) is 5.91 Å². The second-order valence-corrected chi connectivity index (χ2v) is 6.78. The van der Waals surface area contributed by atoms with Gasteiger partial charge in [0, 0.05) is 44.3 Å². The lowest BCUT2D eigenvalue weighted by molar-refractivity contribution is 0.0616. The topological polar surface area (TPSA) is 41.4 Å². The fourth-order valence-corrected chi connectivity index (χ4v) is 3.41. The predicted octanol–water partition coefficient (Wildman–Crippen LogP) is 3.31. The number of nitrogens with zero attached hydrogens (tertiary/aromatic N) is 4. The number of amides is 1. The first-order valence-electron chi connectivity index (χ1n) is 8.16. The average Bonchev–Trinajstić information content (AvgIpc) is 2.98. The summed E-state index contributed by atoms with van der Waals surface area (Å²) < 4.78 is 14.8. The van der Waals surface area contributed by atoms with Gasteiger partial charge in [-0.1, -0.05) is 29.3 Å². The highest BCUT2D eigenvalue weighted by Gasteiger charge is 2.26. The van der Waals surface area contributed by atoms with Crippen molar-refractivity contribution in [3.63, 3.8) is 0 Å². The molecule has 1 amide bonds. The first kappa shape index (κ1) is 18.2. The fourth-order valence-electron chi connectivity index (χ4n) is 2.96. The molecule has 0 unspecified atom stereocenters. The summed E-state index contributed by atoms with van der Waals surface area (Å²) in [6.45, 7) is 5.79. The van der Waals surface area contributed by atoms with Gasteiger partial charge in [-0.3, -0.25) is 14.4 Å². The maximum Gasteiger partial charge on any atom is 0.273 e. The molecule has 5 nitrogen and oxygen atoms in total. The largest absolute Gasteiger partial charge is 0.335 e. The van der Waals surface area contributed by atoms with E-state index >= 15 is 0 Å². The maximum atomic E-state index is 13.1. The molecule has 3 rings (SSSR count). The number of aromatic nitrogens is 2. The quantitative estimate of drug-likeness (QED) is 0.811. The first-order chi connectivity index (χ1) is 12.0. The van der Waals surface area contributed by atoms with Crippen molar-refractivity contribution in [2.24, 2.45) is 0 Å². The number of benzene rings is 1. The summed E-state index contributed by atoms with van der Waals surface area (Å²) in [5.74, 6) is -0.433. The molecule has 0 saturated carbocycles. The van der Waals surface area contributed by atoms with Crippen LogP contribution in [0.3, 0.4) is 0 Å². The molecule has 0 spiro atoms. The zero-order chi connectivity index (χ0) is 18.0. The van der Waals surface area contributed by atoms with Crippen LogP contribution < -0.4 is 0 Å². The Labute approximate surface area is 155 Å². The SMILES string of the molecule is CCn1ncc(Cl)c1C(=O)N1CCN(Cc2ccc(F)cc2Cl)CC1. The standard InChI is InChI=1S/C17H19Cl2FN4O/c1-2-24-16(15(19)10-21-24)17(25)23-7-5-22(6-8-23)11-12-3-4-13(20)9-14(12)18/h3-4,9-10H,2,5-8,11H2,1H3. The third-order valence-electron chi connectivity index (χ3n) is 4.37. The van der Waals surface area contributed by atoms with E-state index in [1.165, 1.54) is 18.3 Å². The van der Waals surface area contributed by atoms with Crippen LogP contribution in [-0.2, 0) is 13.1 Å². The lowest BCUT2D eigenvalue weighted by Gasteiger charge is -2.35. The molecule has 0 bridgehead atoms. The maximum absolute atomic E-state index is 13.1. The Morgan fingerprint density at radius 2 is 1.92 bits per heavy atom. The van der Waals surface area contributed by atoms with E-state index in [-0.39, 0.29) is 11.7 Å². The lowest BCUT2D eigenvalue weighted by atomic mass is 10.2. The third-order valence-corrected chi connectivity index (χ3v) is 4.99. The summed E-state index contributed by atoms with van der Waals surface area (Å²) >= 11 is 12.2. The Morgan fingerprint density at radius 1 is 1.20 bits per heavy atom. The molecule has 0 radical (unpaired) electrons. The molecule has 8 heteroatoms. The van der Waals surface area contributed by atoms with Gasteiger partial charge < -0.3 is 4.90 Å². The van der Waals surface area contributed by atoms with E-state index in [0.717, 1.165) is 18.7 Å². The number of carbonyl (C=O) groups excluding carboxylic acids is 1. The van der Waals surface area contributed by atoms with Gasteiger partial charge in [0.1, 0.15) is 11.5 Å². The van der Waals surface area contributed by atoms with Crippen LogP contribution in [0, 0.1) is 5.82 Å². The molecule has 1 aromatic heterocycles. The highest BCUT2D eigenvalue weighted by Crippen LogP contribution is 2.21. The molecule has 1 aliphatic heterocycles. The zero-order valence-corrected chi connectivity index (χ0v) is 15.4. The molecule has 0 aliphatic carbocycles. The molecular weight excluding hydrogens is 366 g/mol. The first-order valence-corrected chi connectivity index (χ1v) is 8.92. The minimum absolute atomic E-state index is 0.0937. The fraction of sp³-hybridized carbons (Fsp3) is 0.412. The van der Waals surface area contributed by atoms with Crippen molar-refractivity contribution in [3.8, 4) is 0 Å². The highest BCUT2D eigenvalue weighted by molar-refractivity contribution is 6.33. The molecular formula is C17H19Cl2FN4O. The van der Waals surface area contributed by atoms with Crippen LogP contribution in [0.15, 0.2) is 24.4 Å². The van der Waals surface area contributed by atoms with Crippen LogP contribution in [0.25, 0.3) is 0 Å². The highest BCUT2D eigenvalue weighted by atomic mass is 35.5. The van der Waals surface area contributed by atoms with Gasteiger partial charge >= 0.3 is 0 Å². The lowest BCUT2D eigenvalue weighted by Crippen LogP contribution is -2.48. The van der Waals surface area contributed by atoms with Gasteiger partial charge in [0.05, 0.1) is 11.2 Å². The zero-order valence-electron chi connectivity index (χ0n) is 13.9. The van der Waals surface area contributed by atoms with E-state index in [1.54, 1.807) is 15.6 Å². The van der Waals surface area contributed by atoms with Crippen molar-refractivity contribution in [2.45, 2.75) is 20.0 Å². The van der Waals surface area contributed by atoms with Gasteiger partial charge in [0.15, 0.2) is 0 Å². The Morgan fingerprint density at radius 3 is 2.56 bits per heavy atom. The minimum atomic E-state index is -0.339. The second-order valence-electron chi connectivity index (χ2n) is 5.96. The van der Waals surface area contributed by atoms with Gasteiger partial charge in [-0.05, 0) is 24.6 Å². The summed E-state index contributed by atoms with van der Waals surface area (Å²) in [5.41, 5.74) is 1.33. The van der Waals surface area contributed by atoms with E-state index in [2.05, 4.69) is 10.00 Å². The number of hydrogen-bond donors (Lipinski definition) is 0. The van der Waals surface area contributed by atoms with Crippen LogP contribution in [0.4, 0.5) is 4.39 Å². The van der Waals surface area contributed by atoms with E-state index in [4.69, 9.17) is 23.2 Å². The number of piperazine rings is 1. The van der Waals surface area contributed by atoms with Crippen LogP contribution in [0.5, 0.6) is 0 Å². The van der Waals surface area contributed by atoms with E-state index in [9.17, 15) is 9.18 Å². The van der Waals surface area contributed by atoms with Crippen molar-refractivity contribution in [3.05, 3.63) is 51.5 Å². The number of halogens is 3. The Balaban J connectivity index is 1.61. The average molecular weight is 385 g/mol. The van der Waals surface area contributed by atoms with Gasteiger partial charge in [-0.2, -0.15) is 5.10 Å². The normalized spacial score (nSPS) is 15.6.